The normalized spacial score (nSPS) is 17.6. The first-order valence-electron chi connectivity index (χ1n) is 24.0. The summed E-state index contributed by atoms with van der Waals surface area (Å²) in [6.07, 6.45) is 9.52. The molecular formula is C47H90Cl3N5O9+2. The molecule has 1 rings (SSSR count). The zero-order valence-electron chi connectivity index (χ0n) is 40.1. The van der Waals surface area contributed by atoms with Crippen LogP contribution in [0.1, 0.15) is 149 Å². The van der Waals surface area contributed by atoms with E-state index in [2.05, 4.69) is 22.5 Å². The molecule has 14 nitrogen and oxygen atoms in total. The molecule has 1 aliphatic heterocycles. The SMILES string of the molecule is CCCCN(CCCC(=O)CCCCC(C)=O)CC(O)C[N+](CCCC(=O)CCCCC(C)=O)(CCCC(=O)CCCCC(=O)NCC[N+]1(CCNC)CC(O)C1)CC(O)CCl.Cl.Cl. The average Bonchev–Trinajstić information content (AvgIpc) is 3.20. The quantitative estimate of drug-likeness (QED) is 0.0309. The van der Waals surface area contributed by atoms with Gasteiger partial charge in [-0.3, -0.25) is 19.2 Å². The first-order chi connectivity index (χ1) is 29.6. The number of likely N-dealkylation sites (N-methyl/N-ethyl adjacent to an activating group) is 1. The molecular weight excluding hydrogens is 885 g/mol. The lowest BCUT2D eigenvalue weighted by Gasteiger charge is -2.48. The number of amides is 1. The van der Waals surface area contributed by atoms with Gasteiger partial charge in [0, 0.05) is 83.7 Å². The second kappa shape index (κ2) is 38.4. The van der Waals surface area contributed by atoms with Crippen molar-refractivity contribution in [2.24, 2.45) is 0 Å². The molecule has 1 saturated heterocycles. The van der Waals surface area contributed by atoms with Gasteiger partial charge in [0.25, 0.3) is 0 Å². The van der Waals surface area contributed by atoms with Crippen LogP contribution in [-0.2, 0) is 28.8 Å². The number of unbranched alkanes of at least 4 members (excludes halogenated alkanes) is 4. The minimum atomic E-state index is -0.844. The number of hydrogen-bond acceptors (Lipinski definition) is 11. The van der Waals surface area contributed by atoms with Gasteiger partial charge in [-0.25, -0.2) is 0 Å². The Kier molecular flexibility index (Phi) is 38.7. The third kappa shape index (κ3) is 32.2. The zero-order valence-corrected chi connectivity index (χ0v) is 42.5. The molecule has 1 aliphatic rings. The zero-order chi connectivity index (χ0) is 46.2. The second-order valence-corrected chi connectivity index (χ2v) is 18.8. The van der Waals surface area contributed by atoms with Gasteiger partial charge in [0.1, 0.15) is 67.3 Å². The Balaban J connectivity index is 0. The number of halogens is 3. The Morgan fingerprint density at radius 1 is 0.656 bits per heavy atom. The lowest BCUT2D eigenvalue weighted by atomic mass is 10.0. The van der Waals surface area contributed by atoms with Crippen LogP contribution >= 0.6 is 36.4 Å². The molecule has 0 aliphatic carbocycles. The molecule has 0 saturated carbocycles. The van der Waals surface area contributed by atoms with Crippen molar-refractivity contribution in [2.45, 2.75) is 167 Å². The number of likely N-dealkylation sites (tertiary alicyclic amines) is 1. The van der Waals surface area contributed by atoms with Crippen molar-refractivity contribution in [3.63, 3.8) is 0 Å². The molecule has 1 amide bonds. The molecule has 3 unspecified atom stereocenters. The highest BCUT2D eigenvalue weighted by Gasteiger charge is 2.42. The van der Waals surface area contributed by atoms with E-state index in [4.69, 9.17) is 11.6 Å². The number of alkyl halides is 1. The number of rotatable bonds is 43. The molecule has 17 heteroatoms. The first kappa shape index (κ1) is 64.5. The highest BCUT2D eigenvalue weighted by molar-refractivity contribution is 6.18. The minimum absolute atomic E-state index is 0. The fraction of sp³-hybridized carbons (Fsp3) is 0.872. The highest BCUT2D eigenvalue weighted by Crippen LogP contribution is 2.21. The van der Waals surface area contributed by atoms with Crippen molar-refractivity contribution in [3.8, 4) is 0 Å². The molecule has 5 N–H and O–H groups in total. The largest absolute Gasteiger partial charge is 0.386 e. The van der Waals surface area contributed by atoms with E-state index < -0.39 is 12.2 Å². The van der Waals surface area contributed by atoms with E-state index in [1.165, 1.54) is 0 Å². The maximum Gasteiger partial charge on any atom is 0.220 e. The van der Waals surface area contributed by atoms with Crippen LogP contribution in [0, 0.1) is 0 Å². The summed E-state index contributed by atoms with van der Waals surface area (Å²) in [6.45, 7) is 13.2. The van der Waals surface area contributed by atoms with E-state index in [0.29, 0.717) is 166 Å². The maximum absolute atomic E-state index is 13.1. The summed E-state index contributed by atoms with van der Waals surface area (Å²) in [5, 5.41) is 38.7. The first-order valence-corrected chi connectivity index (χ1v) is 24.6. The molecule has 1 fully saturated rings. The summed E-state index contributed by atoms with van der Waals surface area (Å²) in [6, 6.07) is 0. The molecule has 0 spiro atoms. The standard InChI is InChI=1S/C47H87ClN5O9.2ClH/c1-5-6-27-51(28-13-21-41(56)18-9-7-16-39(2)54)34-45(60)36-52(35-44(59)33-48,29-14-22-42(57)19-10-8-17-40(3)55)30-15-23-43(58)20-11-12-24-47(62)50-26-32-53(31-25-49-4)37-46(61)38-53;;/h44-46,49,59-61H,5-38H2,1-4H3;2*1H/q+1;;/p+1. The molecule has 0 aromatic carbocycles. The Morgan fingerprint density at radius 3 is 1.56 bits per heavy atom. The summed E-state index contributed by atoms with van der Waals surface area (Å²) in [5.74, 6) is 0.657. The van der Waals surface area contributed by atoms with Crippen molar-refractivity contribution in [1.82, 2.24) is 15.5 Å². The summed E-state index contributed by atoms with van der Waals surface area (Å²) in [5.41, 5.74) is 0. The smallest absolute Gasteiger partial charge is 0.220 e. The van der Waals surface area contributed by atoms with Gasteiger partial charge in [-0.2, -0.15) is 0 Å². The van der Waals surface area contributed by atoms with Crippen molar-refractivity contribution < 1.29 is 53.1 Å². The second-order valence-electron chi connectivity index (χ2n) is 18.5. The fourth-order valence-electron chi connectivity index (χ4n) is 8.81. The van der Waals surface area contributed by atoms with Crippen LogP contribution < -0.4 is 10.6 Å². The number of hydrogen-bond donors (Lipinski definition) is 5. The molecule has 64 heavy (non-hydrogen) atoms. The Hall–Kier alpha value is -1.59. The maximum atomic E-state index is 13.1. The molecule has 0 radical (unpaired) electrons. The topological polar surface area (TPSA) is 190 Å². The van der Waals surface area contributed by atoms with Crippen molar-refractivity contribution in [1.29, 1.82) is 0 Å². The van der Waals surface area contributed by atoms with Crippen LogP contribution in [0.2, 0.25) is 0 Å². The van der Waals surface area contributed by atoms with E-state index in [1.807, 2.05) is 7.05 Å². The van der Waals surface area contributed by atoms with Crippen molar-refractivity contribution in [2.75, 3.05) is 98.0 Å². The summed E-state index contributed by atoms with van der Waals surface area (Å²) < 4.78 is 1.11. The van der Waals surface area contributed by atoms with Gasteiger partial charge in [0.05, 0.1) is 38.6 Å². The number of nitrogens with zero attached hydrogens (tertiary/aromatic N) is 3. The molecule has 1 heterocycles. The van der Waals surface area contributed by atoms with Gasteiger partial charge in [0.2, 0.25) is 5.91 Å². The van der Waals surface area contributed by atoms with Gasteiger partial charge < -0.3 is 49.4 Å². The summed E-state index contributed by atoms with van der Waals surface area (Å²) in [4.78, 5) is 75.8. The number of aliphatic hydroxyl groups excluding tert-OH is 3. The van der Waals surface area contributed by atoms with Crippen LogP contribution in [-0.4, -0.2) is 180 Å². The lowest BCUT2D eigenvalue weighted by Crippen LogP contribution is -2.69. The van der Waals surface area contributed by atoms with E-state index in [1.54, 1.807) is 13.8 Å². The number of carbonyl (C=O) groups excluding carboxylic acids is 6. The Morgan fingerprint density at radius 2 is 1.09 bits per heavy atom. The summed E-state index contributed by atoms with van der Waals surface area (Å²) >= 11 is 6.16. The molecule has 0 bridgehead atoms. The number of Topliss-reactive ketones (excluding diaryl/α,β-unsaturated/α-hetero) is 5. The van der Waals surface area contributed by atoms with E-state index in [0.717, 1.165) is 49.9 Å². The third-order valence-electron chi connectivity index (χ3n) is 12.3. The van der Waals surface area contributed by atoms with Gasteiger partial charge in [-0.15, -0.1) is 36.4 Å². The molecule has 0 aromatic rings. The van der Waals surface area contributed by atoms with Crippen molar-refractivity contribution in [3.05, 3.63) is 0 Å². The van der Waals surface area contributed by atoms with E-state index in [9.17, 15) is 44.1 Å². The van der Waals surface area contributed by atoms with Crippen LogP contribution in [0.5, 0.6) is 0 Å². The van der Waals surface area contributed by atoms with Gasteiger partial charge in [0.15, 0.2) is 6.10 Å². The fourth-order valence-corrected chi connectivity index (χ4v) is 8.91. The minimum Gasteiger partial charge on any atom is -0.386 e. The van der Waals surface area contributed by atoms with Crippen molar-refractivity contribution >= 4 is 71.2 Å². The molecule has 0 aromatic heterocycles. The van der Waals surface area contributed by atoms with Gasteiger partial charge in [-0.05, 0) is 85.4 Å². The number of ketones is 5. The van der Waals surface area contributed by atoms with Crippen LogP contribution in [0.3, 0.4) is 0 Å². The Bertz CT molecular complexity index is 1310. The third-order valence-corrected chi connectivity index (χ3v) is 12.7. The average molecular weight is 976 g/mol. The van der Waals surface area contributed by atoms with Gasteiger partial charge >= 0.3 is 0 Å². The number of carbonyl (C=O) groups is 6. The monoisotopic (exact) mass is 974 g/mol. The number of quaternary nitrogens is 2. The predicted octanol–water partition coefficient (Wildman–Crippen LogP) is 5.14. The van der Waals surface area contributed by atoms with E-state index in [-0.39, 0.29) is 78.2 Å². The highest BCUT2D eigenvalue weighted by atomic mass is 35.5. The number of aliphatic hydroxyl groups is 3. The molecule has 3 atom stereocenters. The summed E-state index contributed by atoms with van der Waals surface area (Å²) in [7, 11) is 1.91. The predicted molar refractivity (Wildman–Crippen MR) is 260 cm³/mol. The van der Waals surface area contributed by atoms with Crippen LogP contribution in [0.15, 0.2) is 0 Å². The van der Waals surface area contributed by atoms with Gasteiger partial charge in [-0.1, -0.05) is 13.3 Å². The Labute approximate surface area is 403 Å². The van der Waals surface area contributed by atoms with Crippen LogP contribution in [0.25, 0.3) is 0 Å². The number of nitrogens with one attached hydrogen (secondary N) is 2. The van der Waals surface area contributed by atoms with E-state index >= 15 is 0 Å². The molecule has 376 valence electrons. The lowest BCUT2D eigenvalue weighted by molar-refractivity contribution is -0.970. The van der Waals surface area contributed by atoms with Crippen LogP contribution in [0.4, 0.5) is 0 Å².